The van der Waals surface area contributed by atoms with Crippen LogP contribution in [0.3, 0.4) is 0 Å². The topological polar surface area (TPSA) is 63.2 Å². The molecule has 0 radical (unpaired) electrons. The Kier molecular flexibility index (Phi) is 7.78. The molecule has 0 aromatic rings. The van der Waals surface area contributed by atoms with E-state index in [0.29, 0.717) is 11.9 Å². The van der Waals surface area contributed by atoms with Crippen LogP contribution in [0.1, 0.15) is 26.2 Å². The molecule has 138 valence electrons. The van der Waals surface area contributed by atoms with Crippen LogP contribution >= 0.6 is 0 Å². The van der Waals surface area contributed by atoms with Gasteiger partial charge in [-0.05, 0) is 33.9 Å². The summed E-state index contributed by atoms with van der Waals surface area (Å²) >= 11 is 0. The Balaban J connectivity index is 1.72. The number of piperazine rings is 1. The molecule has 0 bridgehead atoms. The normalized spacial score (nSPS) is 23.8. The summed E-state index contributed by atoms with van der Waals surface area (Å²) in [7, 11) is 4.35. The third-order valence-electron chi connectivity index (χ3n) is 4.85. The molecule has 2 heterocycles. The number of guanidine groups is 1. The van der Waals surface area contributed by atoms with E-state index in [4.69, 9.17) is 4.99 Å². The van der Waals surface area contributed by atoms with Gasteiger partial charge >= 0.3 is 0 Å². The van der Waals surface area contributed by atoms with Crippen molar-refractivity contribution in [3.8, 4) is 0 Å². The van der Waals surface area contributed by atoms with Gasteiger partial charge in [0.25, 0.3) is 0 Å². The molecule has 0 aromatic carbocycles. The quantitative estimate of drug-likeness (QED) is 0.382. The second kappa shape index (κ2) is 9.84. The molecule has 0 aliphatic carbocycles. The molecule has 1 unspecified atom stereocenters. The van der Waals surface area contributed by atoms with Gasteiger partial charge in [0, 0.05) is 58.3 Å². The van der Waals surface area contributed by atoms with Crippen LogP contribution in [0.15, 0.2) is 4.99 Å². The molecule has 2 fully saturated rings. The van der Waals surface area contributed by atoms with Gasteiger partial charge in [0.2, 0.25) is 5.91 Å². The van der Waals surface area contributed by atoms with E-state index in [1.807, 2.05) is 4.90 Å². The molecule has 0 spiro atoms. The van der Waals surface area contributed by atoms with Gasteiger partial charge in [-0.3, -0.25) is 14.7 Å². The molecule has 2 aliphatic rings. The first-order valence-corrected chi connectivity index (χ1v) is 9.29. The number of nitrogens with one attached hydrogen (secondary N) is 2. The molecule has 7 heteroatoms. The Hall–Kier alpha value is -1.34. The van der Waals surface area contributed by atoms with Crippen molar-refractivity contribution in [3.05, 3.63) is 0 Å². The molecule has 2 saturated heterocycles. The molecule has 7 nitrogen and oxygen atoms in total. The summed E-state index contributed by atoms with van der Waals surface area (Å²) in [5.74, 6) is 1.19. The fourth-order valence-corrected chi connectivity index (χ4v) is 3.25. The largest absolute Gasteiger partial charge is 0.357 e. The van der Waals surface area contributed by atoms with Crippen molar-refractivity contribution < 1.29 is 4.79 Å². The van der Waals surface area contributed by atoms with E-state index in [-0.39, 0.29) is 0 Å². The van der Waals surface area contributed by atoms with Crippen molar-refractivity contribution >= 4 is 11.9 Å². The van der Waals surface area contributed by atoms with Crippen molar-refractivity contribution in [2.45, 2.75) is 32.2 Å². The Morgan fingerprint density at radius 2 is 2.08 bits per heavy atom. The highest BCUT2D eigenvalue weighted by Gasteiger charge is 2.22. The fraction of sp³-hybridized carbons (Fsp3) is 0.882. The zero-order valence-corrected chi connectivity index (χ0v) is 15.6. The summed E-state index contributed by atoms with van der Waals surface area (Å²) in [6.07, 6.45) is 2.70. The number of likely N-dealkylation sites (N-methyl/N-ethyl adjacent to an activating group) is 2. The first-order valence-electron chi connectivity index (χ1n) is 9.29. The van der Waals surface area contributed by atoms with Crippen LogP contribution in [0.5, 0.6) is 0 Å². The van der Waals surface area contributed by atoms with E-state index in [2.05, 4.69) is 41.5 Å². The van der Waals surface area contributed by atoms with Gasteiger partial charge in [-0.15, -0.1) is 0 Å². The number of amides is 1. The highest BCUT2D eigenvalue weighted by molar-refractivity contribution is 5.79. The van der Waals surface area contributed by atoms with Gasteiger partial charge < -0.3 is 20.4 Å². The van der Waals surface area contributed by atoms with Gasteiger partial charge in [0.05, 0.1) is 6.54 Å². The number of carbonyl (C=O) groups is 1. The lowest BCUT2D eigenvalue weighted by Crippen LogP contribution is -2.51. The van der Waals surface area contributed by atoms with Crippen LogP contribution < -0.4 is 10.6 Å². The van der Waals surface area contributed by atoms with Crippen molar-refractivity contribution in [3.63, 3.8) is 0 Å². The molecule has 2 aliphatic heterocycles. The van der Waals surface area contributed by atoms with Crippen molar-refractivity contribution in [1.29, 1.82) is 0 Å². The fourth-order valence-electron chi connectivity index (χ4n) is 3.25. The highest BCUT2D eigenvalue weighted by Crippen LogP contribution is 2.09. The molecule has 2 N–H and O–H groups in total. The predicted molar refractivity (Wildman–Crippen MR) is 98.3 cm³/mol. The van der Waals surface area contributed by atoms with Gasteiger partial charge in [-0.25, -0.2) is 0 Å². The minimum Gasteiger partial charge on any atom is -0.357 e. The number of aliphatic imine (C=N–C) groups is 1. The van der Waals surface area contributed by atoms with Crippen LogP contribution in [0.2, 0.25) is 0 Å². The standard InChI is InChI=1S/C17H34N6O/c1-4-18-17(19-8-6-10-23-9-5-7-16(23)24)20-13-15-14-21(2)11-12-22(15)3/h15H,4-14H2,1-3H3,(H2,18,19,20). The van der Waals surface area contributed by atoms with Gasteiger partial charge in [0.1, 0.15) is 0 Å². The van der Waals surface area contributed by atoms with E-state index >= 15 is 0 Å². The average molecular weight is 339 g/mol. The number of carbonyl (C=O) groups excluding carboxylic acids is 1. The second-order valence-electron chi connectivity index (χ2n) is 6.88. The summed E-state index contributed by atoms with van der Waals surface area (Å²) in [5, 5.41) is 6.71. The predicted octanol–water partition coefficient (Wildman–Crippen LogP) is -0.200. The zero-order valence-electron chi connectivity index (χ0n) is 15.6. The summed E-state index contributed by atoms with van der Waals surface area (Å²) in [6.45, 7) is 9.66. The minimum atomic E-state index is 0.306. The second-order valence-corrected chi connectivity index (χ2v) is 6.88. The van der Waals surface area contributed by atoms with Gasteiger partial charge in [-0.1, -0.05) is 0 Å². The average Bonchev–Trinajstić information content (AvgIpc) is 2.97. The van der Waals surface area contributed by atoms with E-state index in [1.165, 1.54) is 0 Å². The highest BCUT2D eigenvalue weighted by atomic mass is 16.2. The Labute approximate surface area is 146 Å². The maximum absolute atomic E-state index is 11.6. The van der Waals surface area contributed by atoms with Crippen LogP contribution in [0.4, 0.5) is 0 Å². The first kappa shape index (κ1) is 19.0. The van der Waals surface area contributed by atoms with Crippen LogP contribution in [-0.4, -0.2) is 99.1 Å². The summed E-state index contributed by atoms with van der Waals surface area (Å²) in [5.41, 5.74) is 0. The molecular weight excluding hydrogens is 304 g/mol. The maximum atomic E-state index is 11.6. The molecule has 24 heavy (non-hydrogen) atoms. The summed E-state index contributed by atoms with van der Waals surface area (Å²) in [6, 6.07) is 0.474. The lowest BCUT2D eigenvalue weighted by atomic mass is 10.2. The minimum absolute atomic E-state index is 0.306. The SMILES string of the molecule is CCNC(=NCC1CN(C)CCN1C)NCCCN1CCCC1=O. The van der Waals surface area contributed by atoms with Gasteiger partial charge in [-0.2, -0.15) is 0 Å². The van der Waals surface area contributed by atoms with E-state index in [1.54, 1.807) is 0 Å². The van der Waals surface area contributed by atoms with Crippen molar-refractivity contribution in [2.24, 2.45) is 4.99 Å². The lowest BCUT2D eigenvalue weighted by molar-refractivity contribution is -0.127. The Morgan fingerprint density at radius 3 is 2.79 bits per heavy atom. The maximum Gasteiger partial charge on any atom is 0.222 e. The van der Waals surface area contributed by atoms with Crippen molar-refractivity contribution in [1.82, 2.24) is 25.3 Å². The van der Waals surface area contributed by atoms with Crippen LogP contribution in [0.25, 0.3) is 0 Å². The molecule has 1 amide bonds. The Bertz CT molecular complexity index is 427. The number of hydrogen-bond acceptors (Lipinski definition) is 4. The van der Waals surface area contributed by atoms with Crippen LogP contribution in [0, 0.1) is 0 Å². The van der Waals surface area contributed by atoms with Crippen LogP contribution in [-0.2, 0) is 4.79 Å². The van der Waals surface area contributed by atoms with Crippen molar-refractivity contribution in [2.75, 3.05) is 66.5 Å². The number of likely N-dealkylation sites (tertiary alicyclic amines) is 1. The smallest absolute Gasteiger partial charge is 0.222 e. The molecule has 1 atom stereocenters. The summed E-state index contributed by atoms with van der Waals surface area (Å²) < 4.78 is 0. The van der Waals surface area contributed by atoms with E-state index in [9.17, 15) is 4.79 Å². The monoisotopic (exact) mass is 338 g/mol. The number of rotatable bonds is 7. The molecule has 0 aromatic heterocycles. The third kappa shape index (κ3) is 5.94. The molecular formula is C17H34N6O. The zero-order chi connectivity index (χ0) is 17.4. The third-order valence-corrected chi connectivity index (χ3v) is 4.85. The number of nitrogens with zero attached hydrogens (tertiary/aromatic N) is 4. The molecule has 0 saturated carbocycles. The van der Waals surface area contributed by atoms with E-state index < -0.39 is 0 Å². The first-order chi connectivity index (χ1) is 11.6. The van der Waals surface area contributed by atoms with Gasteiger partial charge in [0.15, 0.2) is 5.96 Å². The molecule has 2 rings (SSSR count). The number of hydrogen-bond donors (Lipinski definition) is 2. The lowest BCUT2D eigenvalue weighted by Gasteiger charge is -2.36. The summed E-state index contributed by atoms with van der Waals surface area (Å²) in [4.78, 5) is 23.1. The van der Waals surface area contributed by atoms with E-state index in [0.717, 1.165) is 77.6 Å². The Morgan fingerprint density at radius 1 is 1.25 bits per heavy atom.